The van der Waals surface area contributed by atoms with Crippen LogP contribution in [-0.4, -0.2) is 11.2 Å². The van der Waals surface area contributed by atoms with Gasteiger partial charge in [0.15, 0.2) is 0 Å². The summed E-state index contributed by atoms with van der Waals surface area (Å²) in [6.07, 6.45) is 3.95. The number of H-pyrrole nitrogens is 1. The monoisotopic (exact) mass is 197 g/mol. The van der Waals surface area contributed by atoms with Gasteiger partial charge >= 0.3 is 0 Å². The lowest BCUT2D eigenvalue weighted by molar-refractivity contribution is 1.45. The Balaban J connectivity index is 2.73. The van der Waals surface area contributed by atoms with Crippen molar-refractivity contribution in [2.45, 2.75) is 4.90 Å². The molecule has 0 aliphatic heterocycles. The van der Waals surface area contributed by atoms with E-state index >= 15 is 0 Å². The Kier molecular flexibility index (Phi) is 2.03. The molecule has 1 aromatic heterocycles. The minimum Gasteiger partial charge on any atom is -0.361 e. The van der Waals surface area contributed by atoms with Crippen LogP contribution in [0.1, 0.15) is 0 Å². The predicted molar refractivity (Wildman–Crippen MR) is 55.1 cm³/mol. The molecule has 0 amide bonds. The van der Waals surface area contributed by atoms with Crippen molar-refractivity contribution in [1.29, 1.82) is 0 Å². The number of hydrogen-bond donors (Lipinski definition) is 1. The van der Waals surface area contributed by atoms with Crippen LogP contribution >= 0.6 is 23.4 Å². The highest BCUT2D eigenvalue weighted by atomic mass is 35.5. The van der Waals surface area contributed by atoms with Crippen molar-refractivity contribution >= 4 is 34.3 Å². The van der Waals surface area contributed by atoms with E-state index in [-0.39, 0.29) is 0 Å². The number of aromatic nitrogens is 1. The van der Waals surface area contributed by atoms with Gasteiger partial charge in [-0.1, -0.05) is 11.6 Å². The third kappa shape index (κ3) is 1.21. The number of halogens is 1. The standard InChI is InChI=1S/C9H8ClNS/c1-12-9-4-6-2-3-11-8(6)5-7(9)10/h2-5,11H,1H3. The number of aromatic amines is 1. The van der Waals surface area contributed by atoms with Crippen molar-refractivity contribution in [3.05, 3.63) is 29.4 Å². The summed E-state index contributed by atoms with van der Waals surface area (Å²) < 4.78 is 0. The number of nitrogens with one attached hydrogen (secondary N) is 1. The van der Waals surface area contributed by atoms with E-state index in [9.17, 15) is 0 Å². The molecular weight excluding hydrogens is 190 g/mol. The number of rotatable bonds is 1. The van der Waals surface area contributed by atoms with Crippen LogP contribution in [0, 0.1) is 0 Å². The zero-order valence-electron chi connectivity index (χ0n) is 6.60. The lowest BCUT2D eigenvalue weighted by Crippen LogP contribution is -1.73. The molecule has 2 aromatic rings. The maximum atomic E-state index is 6.02. The first-order valence-electron chi connectivity index (χ1n) is 3.62. The molecule has 62 valence electrons. The molecule has 1 aromatic carbocycles. The van der Waals surface area contributed by atoms with Gasteiger partial charge in [0, 0.05) is 22.0 Å². The molecule has 12 heavy (non-hydrogen) atoms. The minimum atomic E-state index is 0.817. The van der Waals surface area contributed by atoms with Gasteiger partial charge in [-0.3, -0.25) is 0 Å². The Bertz CT molecular complexity index is 408. The molecule has 1 nitrogen and oxygen atoms in total. The Morgan fingerprint density at radius 3 is 3.00 bits per heavy atom. The molecule has 0 saturated heterocycles. The summed E-state index contributed by atoms with van der Waals surface area (Å²) in [6.45, 7) is 0. The first-order chi connectivity index (χ1) is 5.81. The minimum absolute atomic E-state index is 0.817. The maximum Gasteiger partial charge on any atom is 0.0562 e. The predicted octanol–water partition coefficient (Wildman–Crippen LogP) is 3.54. The SMILES string of the molecule is CSc1cc2cc[nH]c2cc1Cl. The highest BCUT2D eigenvalue weighted by molar-refractivity contribution is 7.98. The van der Waals surface area contributed by atoms with E-state index in [1.54, 1.807) is 11.8 Å². The van der Waals surface area contributed by atoms with E-state index in [0.717, 1.165) is 15.4 Å². The van der Waals surface area contributed by atoms with Crippen LogP contribution in [-0.2, 0) is 0 Å². The highest BCUT2D eigenvalue weighted by Gasteiger charge is 2.01. The summed E-state index contributed by atoms with van der Waals surface area (Å²) in [5.74, 6) is 0. The zero-order valence-corrected chi connectivity index (χ0v) is 8.17. The fourth-order valence-electron chi connectivity index (χ4n) is 1.21. The molecule has 0 fully saturated rings. The number of benzene rings is 1. The van der Waals surface area contributed by atoms with Gasteiger partial charge in [0.25, 0.3) is 0 Å². The van der Waals surface area contributed by atoms with Gasteiger partial charge in [-0.25, -0.2) is 0 Å². The van der Waals surface area contributed by atoms with Crippen molar-refractivity contribution in [1.82, 2.24) is 4.98 Å². The van der Waals surface area contributed by atoms with Gasteiger partial charge in [-0.2, -0.15) is 0 Å². The largest absolute Gasteiger partial charge is 0.361 e. The molecule has 0 atom stereocenters. The smallest absolute Gasteiger partial charge is 0.0562 e. The fraction of sp³-hybridized carbons (Fsp3) is 0.111. The van der Waals surface area contributed by atoms with Gasteiger partial charge in [0.1, 0.15) is 0 Å². The average molecular weight is 198 g/mol. The normalized spacial score (nSPS) is 10.8. The summed E-state index contributed by atoms with van der Waals surface area (Å²) in [5.41, 5.74) is 1.10. The summed E-state index contributed by atoms with van der Waals surface area (Å²) in [4.78, 5) is 4.25. The molecule has 3 heteroatoms. The first kappa shape index (κ1) is 8.02. The summed E-state index contributed by atoms with van der Waals surface area (Å²) in [7, 11) is 0. The Morgan fingerprint density at radius 1 is 1.42 bits per heavy atom. The molecular formula is C9H8ClNS. The second kappa shape index (κ2) is 3.04. The van der Waals surface area contributed by atoms with Crippen molar-refractivity contribution in [2.75, 3.05) is 6.26 Å². The lowest BCUT2D eigenvalue weighted by atomic mass is 10.2. The van der Waals surface area contributed by atoms with Crippen molar-refractivity contribution in [3.63, 3.8) is 0 Å². The molecule has 2 rings (SSSR count). The van der Waals surface area contributed by atoms with Crippen molar-refractivity contribution in [2.24, 2.45) is 0 Å². The lowest BCUT2D eigenvalue weighted by Gasteiger charge is -1.99. The van der Waals surface area contributed by atoms with Gasteiger partial charge < -0.3 is 4.98 Å². The molecule has 1 heterocycles. The number of thioether (sulfide) groups is 1. The topological polar surface area (TPSA) is 15.8 Å². The summed E-state index contributed by atoms with van der Waals surface area (Å²) >= 11 is 7.69. The third-order valence-corrected chi connectivity index (χ3v) is 3.03. The Morgan fingerprint density at radius 2 is 2.25 bits per heavy atom. The molecule has 0 spiro atoms. The quantitative estimate of drug-likeness (QED) is 0.692. The molecule has 0 saturated carbocycles. The van der Waals surface area contributed by atoms with E-state index < -0.39 is 0 Å². The van der Waals surface area contributed by atoms with Crippen LogP contribution in [0.25, 0.3) is 10.9 Å². The second-order valence-electron chi connectivity index (χ2n) is 2.55. The van der Waals surface area contributed by atoms with E-state index in [0.29, 0.717) is 0 Å². The van der Waals surface area contributed by atoms with E-state index in [1.165, 1.54) is 5.39 Å². The molecule has 0 aliphatic carbocycles. The number of hydrogen-bond acceptors (Lipinski definition) is 1. The zero-order chi connectivity index (χ0) is 8.55. The average Bonchev–Trinajstić information content (AvgIpc) is 2.49. The molecule has 0 aliphatic rings. The van der Waals surface area contributed by atoms with Crippen LogP contribution in [0.5, 0.6) is 0 Å². The third-order valence-electron chi connectivity index (χ3n) is 1.83. The first-order valence-corrected chi connectivity index (χ1v) is 5.22. The molecule has 0 radical (unpaired) electrons. The van der Waals surface area contributed by atoms with Crippen LogP contribution in [0.4, 0.5) is 0 Å². The Hall–Kier alpha value is -0.600. The Labute approximate surface area is 80.1 Å². The highest BCUT2D eigenvalue weighted by Crippen LogP contribution is 2.29. The van der Waals surface area contributed by atoms with Crippen LogP contribution < -0.4 is 0 Å². The van der Waals surface area contributed by atoms with Crippen molar-refractivity contribution < 1.29 is 0 Å². The summed E-state index contributed by atoms with van der Waals surface area (Å²) in [6, 6.07) is 6.10. The maximum absolute atomic E-state index is 6.02. The van der Waals surface area contributed by atoms with Gasteiger partial charge in [0.05, 0.1) is 5.02 Å². The van der Waals surface area contributed by atoms with Crippen LogP contribution in [0.3, 0.4) is 0 Å². The number of fused-ring (bicyclic) bond motifs is 1. The van der Waals surface area contributed by atoms with Crippen molar-refractivity contribution in [3.8, 4) is 0 Å². The molecule has 0 unspecified atom stereocenters. The van der Waals surface area contributed by atoms with Crippen LogP contribution in [0.15, 0.2) is 29.3 Å². The molecule has 0 bridgehead atoms. The van der Waals surface area contributed by atoms with E-state index in [2.05, 4.69) is 11.1 Å². The summed E-state index contributed by atoms with van der Waals surface area (Å²) in [5, 5.41) is 2.03. The van der Waals surface area contributed by atoms with Gasteiger partial charge in [-0.15, -0.1) is 11.8 Å². The van der Waals surface area contributed by atoms with Gasteiger partial charge in [-0.05, 0) is 24.5 Å². The van der Waals surface area contributed by atoms with E-state index in [1.807, 2.05) is 24.6 Å². The second-order valence-corrected chi connectivity index (χ2v) is 3.81. The van der Waals surface area contributed by atoms with Gasteiger partial charge in [0.2, 0.25) is 0 Å². The molecule has 1 N–H and O–H groups in total. The van der Waals surface area contributed by atoms with E-state index in [4.69, 9.17) is 11.6 Å². The fourth-order valence-corrected chi connectivity index (χ4v) is 2.10. The van der Waals surface area contributed by atoms with Crippen LogP contribution in [0.2, 0.25) is 5.02 Å².